The fourth-order valence-corrected chi connectivity index (χ4v) is 1.40. The van der Waals surface area contributed by atoms with Crippen LogP contribution >= 0.6 is 0 Å². The normalized spacial score (nSPS) is 20.2. The highest BCUT2D eigenvalue weighted by Crippen LogP contribution is 2.14. The topological polar surface area (TPSA) is 18.5 Å². The zero-order chi connectivity index (χ0) is 8.81. The number of hydrogen-bond acceptors (Lipinski definition) is 2. The van der Waals surface area contributed by atoms with Crippen LogP contribution in [0.3, 0.4) is 0 Å². The zero-order valence-corrected chi connectivity index (χ0v) is 8.21. The van der Waals surface area contributed by atoms with Crippen molar-refractivity contribution >= 4 is 0 Å². The molecule has 0 aromatic rings. The second kappa shape index (κ2) is 5.55. The van der Waals surface area contributed by atoms with E-state index in [1.165, 1.54) is 12.8 Å². The van der Waals surface area contributed by atoms with Gasteiger partial charge in [0.15, 0.2) is 6.29 Å². The SMILES string of the molecule is CC(C)CCCC1OCCCO1. The molecular weight excluding hydrogens is 152 g/mol. The number of hydrogen-bond donors (Lipinski definition) is 0. The highest BCUT2D eigenvalue weighted by Gasteiger charge is 2.13. The average Bonchev–Trinajstić information content (AvgIpc) is 2.05. The van der Waals surface area contributed by atoms with Crippen molar-refractivity contribution in [3.63, 3.8) is 0 Å². The van der Waals surface area contributed by atoms with Crippen molar-refractivity contribution in [2.45, 2.75) is 45.8 Å². The third kappa shape index (κ3) is 4.07. The van der Waals surface area contributed by atoms with E-state index in [0.29, 0.717) is 0 Å². The molecule has 1 aliphatic heterocycles. The molecule has 0 saturated carbocycles. The molecule has 0 radical (unpaired) electrons. The minimum atomic E-state index is 0.0949. The third-order valence-electron chi connectivity index (χ3n) is 2.12. The van der Waals surface area contributed by atoms with E-state index in [9.17, 15) is 0 Å². The summed E-state index contributed by atoms with van der Waals surface area (Å²) >= 11 is 0. The first-order chi connectivity index (χ1) is 5.79. The second-order valence-corrected chi connectivity index (χ2v) is 3.85. The Hall–Kier alpha value is -0.0800. The van der Waals surface area contributed by atoms with E-state index < -0.39 is 0 Å². The summed E-state index contributed by atoms with van der Waals surface area (Å²) in [5, 5.41) is 0. The van der Waals surface area contributed by atoms with E-state index in [-0.39, 0.29) is 6.29 Å². The molecule has 72 valence electrons. The van der Waals surface area contributed by atoms with Gasteiger partial charge in [-0.1, -0.05) is 20.3 Å². The van der Waals surface area contributed by atoms with Gasteiger partial charge in [-0.25, -0.2) is 0 Å². The fraction of sp³-hybridized carbons (Fsp3) is 1.00. The van der Waals surface area contributed by atoms with Gasteiger partial charge in [-0.05, 0) is 25.2 Å². The molecule has 0 unspecified atom stereocenters. The molecule has 0 aromatic heterocycles. The summed E-state index contributed by atoms with van der Waals surface area (Å²) in [7, 11) is 0. The quantitative estimate of drug-likeness (QED) is 0.649. The van der Waals surface area contributed by atoms with Crippen molar-refractivity contribution < 1.29 is 9.47 Å². The lowest BCUT2D eigenvalue weighted by atomic mass is 10.1. The summed E-state index contributed by atoms with van der Waals surface area (Å²) in [6, 6.07) is 0. The Kier molecular flexibility index (Phi) is 4.62. The van der Waals surface area contributed by atoms with E-state index in [4.69, 9.17) is 9.47 Å². The largest absolute Gasteiger partial charge is 0.353 e. The van der Waals surface area contributed by atoms with Crippen molar-refractivity contribution in [1.29, 1.82) is 0 Å². The molecule has 1 rings (SSSR count). The molecule has 1 aliphatic rings. The monoisotopic (exact) mass is 172 g/mol. The molecule has 2 nitrogen and oxygen atoms in total. The third-order valence-corrected chi connectivity index (χ3v) is 2.12. The first kappa shape index (κ1) is 10.0. The number of ether oxygens (including phenoxy) is 2. The maximum atomic E-state index is 5.44. The van der Waals surface area contributed by atoms with Crippen LogP contribution in [0.2, 0.25) is 0 Å². The Balaban J connectivity index is 1.98. The van der Waals surface area contributed by atoms with Crippen LogP contribution in [-0.2, 0) is 9.47 Å². The molecule has 12 heavy (non-hydrogen) atoms. The Morgan fingerprint density at radius 3 is 2.50 bits per heavy atom. The highest BCUT2D eigenvalue weighted by atomic mass is 16.7. The summed E-state index contributed by atoms with van der Waals surface area (Å²) in [6.07, 6.45) is 4.72. The molecule has 2 heteroatoms. The van der Waals surface area contributed by atoms with Crippen LogP contribution in [0.15, 0.2) is 0 Å². The van der Waals surface area contributed by atoms with Gasteiger partial charge in [0, 0.05) is 0 Å². The van der Waals surface area contributed by atoms with Crippen molar-refractivity contribution in [3.8, 4) is 0 Å². The Morgan fingerprint density at radius 1 is 1.25 bits per heavy atom. The van der Waals surface area contributed by atoms with Crippen LogP contribution in [0.1, 0.15) is 39.5 Å². The molecular formula is C10H20O2. The lowest BCUT2D eigenvalue weighted by Gasteiger charge is -2.23. The van der Waals surface area contributed by atoms with Crippen molar-refractivity contribution in [1.82, 2.24) is 0 Å². The van der Waals surface area contributed by atoms with Crippen molar-refractivity contribution in [2.24, 2.45) is 5.92 Å². The molecule has 1 saturated heterocycles. The van der Waals surface area contributed by atoms with Gasteiger partial charge in [0.25, 0.3) is 0 Å². The standard InChI is InChI=1S/C10H20O2/c1-9(2)5-3-6-10-11-7-4-8-12-10/h9-10H,3-8H2,1-2H3. The molecule has 0 spiro atoms. The molecule has 0 atom stereocenters. The minimum Gasteiger partial charge on any atom is -0.353 e. The lowest BCUT2D eigenvalue weighted by Crippen LogP contribution is -2.24. The maximum absolute atomic E-state index is 5.44. The minimum absolute atomic E-state index is 0.0949. The molecule has 0 bridgehead atoms. The van der Waals surface area contributed by atoms with E-state index in [1.807, 2.05) is 0 Å². The van der Waals surface area contributed by atoms with Crippen molar-refractivity contribution in [3.05, 3.63) is 0 Å². The van der Waals surface area contributed by atoms with Crippen molar-refractivity contribution in [2.75, 3.05) is 13.2 Å². The average molecular weight is 172 g/mol. The highest BCUT2D eigenvalue weighted by molar-refractivity contribution is 4.54. The van der Waals surface area contributed by atoms with Gasteiger partial charge in [-0.3, -0.25) is 0 Å². The van der Waals surface area contributed by atoms with Gasteiger partial charge in [-0.2, -0.15) is 0 Å². The predicted molar refractivity (Wildman–Crippen MR) is 49.0 cm³/mol. The number of rotatable bonds is 4. The Morgan fingerprint density at radius 2 is 1.92 bits per heavy atom. The summed E-state index contributed by atoms with van der Waals surface area (Å²) in [5.41, 5.74) is 0. The van der Waals surface area contributed by atoms with E-state index >= 15 is 0 Å². The molecule has 0 N–H and O–H groups in total. The van der Waals surface area contributed by atoms with Gasteiger partial charge in [0.05, 0.1) is 13.2 Å². The molecule has 0 aromatic carbocycles. The molecule has 0 aliphatic carbocycles. The van der Waals surface area contributed by atoms with Gasteiger partial charge in [0.2, 0.25) is 0 Å². The van der Waals surface area contributed by atoms with Gasteiger partial charge >= 0.3 is 0 Å². The van der Waals surface area contributed by atoms with E-state index in [0.717, 1.165) is 32.0 Å². The van der Waals surface area contributed by atoms with Gasteiger partial charge < -0.3 is 9.47 Å². The van der Waals surface area contributed by atoms with Crippen LogP contribution in [0.5, 0.6) is 0 Å². The Labute approximate surface area is 75.2 Å². The first-order valence-electron chi connectivity index (χ1n) is 5.02. The molecule has 1 heterocycles. The summed E-state index contributed by atoms with van der Waals surface area (Å²) < 4.78 is 10.9. The maximum Gasteiger partial charge on any atom is 0.157 e. The predicted octanol–water partition coefficient (Wildman–Crippen LogP) is 2.58. The van der Waals surface area contributed by atoms with Gasteiger partial charge in [-0.15, -0.1) is 0 Å². The summed E-state index contributed by atoms with van der Waals surface area (Å²) in [6.45, 7) is 6.27. The molecule has 1 fully saturated rings. The smallest absolute Gasteiger partial charge is 0.157 e. The molecule has 0 amide bonds. The lowest BCUT2D eigenvalue weighted by molar-refractivity contribution is -0.181. The zero-order valence-electron chi connectivity index (χ0n) is 8.21. The Bertz CT molecular complexity index is 106. The van der Waals surface area contributed by atoms with E-state index in [2.05, 4.69) is 13.8 Å². The van der Waals surface area contributed by atoms with Gasteiger partial charge in [0.1, 0.15) is 0 Å². The van der Waals surface area contributed by atoms with Crippen LogP contribution < -0.4 is 0 Å². The summed E-state index contributed by atoms with van der Waals surface area (Å²) in [5.74, 6) is 0.800. The second-order valence-electron chi connectivity index (χ2n) is 3.85. The fourth-order valence-electron chi connectivity index (χ4n) is 1.40. The van der Waals surface area contributed by atoms with Crippen LogP contribution in [-0.4, -0.2) is 19.5 Å². The summed E-state index contributed by atoms with van der Waals surface area (Å²) in [4.78, 5) is 0. The van der Waals surface area contributed by atoms with E-state index in [1.54, 1.807) is 0 Å². The van der Waals surface area contributed by atoms with Crippen LogP contribution in [0, 0.1) is 5.92 Å². The first-order valence-corrected chi connectivity index (χ1v) is 5.02. The van der Waals surface area contributed by atoms with Crippen LogP contribution in [0.25, 0.3) is 0 Å². The van der Waals surface area contributed by atoms with Crippen LogP contribution in [0.4, 0.5) is 0 Å².